The smallest absolute Gasteiger partial charge is 0.316 e. The molecule has 0 saturated heterocycles. The molecular weight excluding hydrogens is 248 g/mol. The van der Waals surface area contributed by atoms with E-state index in [0.29, 0.717) is 11.9 Å². The average Bonchev–Trinajstić information content (AvgIpc) is 2.50. The molecule has 0 fully saturated rings. The van der Waals surface area contributed by atoms with Crippen molar-refractivity contribution in [3.05, 3.63) is 18.0 Å². The Morgan fingerprint density at radius 2 is 1.50 bits per heavy atom. The van der Waals surface area contributed by atoms with E-state index in [2.05, 4.69) is 23.8 Å². The highest BCUT2D eigenvalue weighted by Gasteiger charge is 2.12. The number of hydrogen-bond donors (Lipinski definition) is 0. The molecule has 3 nitrogen and oxygen atoms in total. The normalized spacial score (nSPS) is 12.3. The Bertz CT molecular complexity index is 337. The molecule has 1 heterocycles. The maximum Gasteiger partial charge on any atom is 0.316 e. The summed E-state index contributed by atoms with van der Waals surface area (Å²) in [5.41, 5.74) is 1.27. The number of nitrogens with zero attached hydrogens (tertiary/aromatic N) is 2. The van der Waals surface area contributed by atoms with Gasteiger partial charge in [-0.2, -0.15) is 0 Å². The lowest BCUT2D eigenvalue weighted by atomic mass is 9.90. The number of unbranched alkanes of at least 4 members (excludes halogenated alkanes) is 5. The summed E-state index contributed by atoms with van der Waals surface area (Å²) in [4.78, 5) is 8.50. The molecule has 0 saturated carbocycles. The van der Waals surface area contributed by atoms with Crippen molar-refractivity contribution in [1.82, 2.24) is 9.97 Å². The predicted molar refractivity (Wildman–Crippen MR) is 84.2 cm³/mol. The van der Waals surface area contributed by atoms with Gasteiger partial charge in [0, 0.05) is 12.4 Å². The van der Waals surface area contributed by atoms with E-state index >= 15 is 0 Å². The molecule has 0 spiro atoms. The van der Waals surface area contributed by atoms with Gasteiger partial charge in [0.25, 0.3) is 0 Å². The maximum atomic E-state index is 5.03. The molecule has 0 aliphatic rings. The highest BCUT2D eigenvalue weighted by Crippen LogP contribution is 2.27. The summed E-state index contributed by atoms with van der Waals surface area (Å²) >= 11 is 0. The number of ether oxygens (including phenoxy) is 1. The van der Waals surface area contributed by atoms with Crippen LogP contribution in [0.3, 0.4) is 0 Å². The number of methoxy groups -OCH3 is 1. The first-order chi connectivity index (χ1) is 9.81. The van der Waals surface area contributed by atoms with E-state index in [4.69, 9.17) is 4.74 Å². The van der Waals surface area contributed by atoms with Gasteiger partial charge >= 0.3 is 6.01 Å². The zero-order valence-corrected chi connectivity index (χ0v) is 13.4. The van der Waals surface area contributed by atoms with Gasteiger partial charge in [0.1, 0.15) is 0 Å². The maximum absolute atomic E-state index is 5.03. The second-order valence-electron chi connectivity index (χ2n) is 5.55. The molecule has 0 aliphatic carbocycles. The van der Waals surface area contributed by atoms with E-state index in [0.717, 1.165) is 0 Å². The third-order valence-electron chi connectivity index (χ3n) is 3.86. The van der Waals surface area contributed by atoms with E-state index in [1.807, 2.05) is 12.4 Å². The van der Waals surface area contributed by atoms with Crippen LogP contribution >= 0.6 is 0 Å². The lowest BCUT2D eigenvalue weighted by Crippen LogP contribution is -2.02. The Kier molecular flexibility index (Phi) is 9.01. The van der Waals surface area contributed by atoms with Crippen LogP contribution in [0.5, 0.6) is 6.01 Å². The van der Waals surface area contributed by atoms with Crippen molar-refractivity contribution in [2.75, 3.05) is 7.11 Å². The van der Waals surface area contributed by atoms with Gasteiger partial charge in [-0.3, -0.25) is 0 Å². The van der Waals surface area contributed by atoms with Crippen LogP contribution in [0.1, 0.15) is 83.1 Å². The van der Waals surface area contributed by atoms with Crippen LogP contribution in [0.4, 0.5) is 0 Å². The molecule has 0 bridgehead atoms. The summed E-state index contributed by atoms with van der Waals surface area (Å²) in [7, 11) is 1.61. The van der Waals surface area contributed by atoms with Crippen LogP contribution in [0.25, 0.3) is 0 Å². The lowest BCUT2D eigenvalue weighted by molar-refractivity contribution is 0.378. The SMILES string of the molecule is CCCCCCCC(CCCC)c1cnc(OC)nc1. The fraction of sp³-hybridized carbons (Fsp3) is 0.765. The molecule has 20 heavy (non-hydrogen) atoms. The predicted octanol–water partition coefficient (Wildman–Crippen LogP) is 5.12. The van der Waals surface area contributed by atoms with Crippen LogP contribution < -0.4 is 4.74 Å². The number of aromatic nitrogens is 2. The summed E-state index contributed by atoms with van der Waals surface area (Å²) in [6.45, 7) is 4.52. The van der Waals surface area contributed by atoms with Crippen LogP contribution in [0, 0.1) is 0 Å². The highest BCUT2D eigenvalue weighted by molar-refractivity contribution is 5.13. The third-order valence-corrected chi connectivity index (χ3v) is 3.86. The van der Waals surface area contributed by atoms with Crippen LogP contribution in [0.15, 0.2) is 12.4 Å². The molecule has 3 heteroatoms. The van der Waals surface area contributed by atoms with Gasteiger partial charge in [-0.25, -0.2) is 9.97 Å². The minimum atomic E-state index is 0.464. The van der Waals surface area contributed by atoms with Gasteiger partial charge < -0.3 is 4.74 Å². The summed E-state index contributed by atoms with van der Waals surface area (Å²) < 4.78 is 5.03. The van der Waals surface area contributed by atoms with Gasteiger partial charge in [0.2, 0.25) is 0 Å². The Morgan fingerprint density at radius 3 is 2.10 bits per heavy atom. The molecule has 1 aromatic heterocycles. The molecule has 1 rings (SSSR count). The molecular formula is C17H30N2O. The van der Waals surface area contributed by atoms with Gasteiger partial charge in [-0.15, -0.1) is 0 Å². The van der Waals surface area contributed by atoms with Crippen molar-refractivity contribution in [2.45, 2.75) is 77.6 Å². The quantitative estimate of drug-likeness (QED) is 0.527. The van der Waals surface area contributed by atoms with E-state index in [9.17, 15) is 0 Å². The van der Waals surface area contributed by atoms with Crippen molar-refractivity contribution in [1.29, 1.82) is 0 Å². The largest absolute Gasteiger partial charge is 0.467 e. The standard InChI is InChI=1S/C17H30N2O/c1-4-6-8-9-10-12-15(11-7-5-2)16-13-18-17(20-3)19-14-16/h13-15H,4-12H2,1-3H3. The van der Waals surface area contributed by atoms with Crippen molar-refractivity contribution in [2.24, 2.45) is 0 Å². The number of hydrogen-bond acceptors (Lipinski definition) is 3. The van der Waals surface area contributed by atoms with Crippen LogP contribution in [0.2, 0.25) is 0 Å². The molecule has 0 radical (unpaired) electrons. The first-order valence-electron chi connectivity index (χ1n) is 8.17. The fourth-order valence-electron chi connectivity index (χ4n) is 2.56. The molecule has 1 unspecified atom stereocenters. The molecule has 0 N–H and O–H groups in total. The topological polar surface area (TPSA) is 35.0 Å². The number of rotatable bonds is 11. The van der Waals surface area contributed by atoms with Crippen molar-refractivity contribution in [3.8, 4) is 6.01 Å². The zero-order valence-electron chi connectivity index (χ0n) is 13.4. The highest BCUT2D eigenvalue weighted by atomic mass is 16.5. The van der Waals surface area contributed by atoms with Crippen LogP contribution in [-0.2, 0) is 0 Å². The molecule has 1 atom stereocenters. The van der Waals surface area contributed by atoms with E-state index < -0.39 is 0 Å². The third kappa shape index (κ3) is 6.36. The van der Waals surface area contributed by atoms with E-state index in [-0.39, 0.29) is 0 Å². The first kappa shape index (κ1) is 16.9. The van der Waals surface area contributed by atoms with Gasteiger partial charge in [-0.05, 0) is 24.3 Å². The van der Waals surface area contributed by atoms with E-state index in [1.54, 1.807) is 7.11 Å². The second kappa shape index (κ2) is 10.6. The molecule has 114 valence electrons. The summed E-state index contributed by atoms with van der Waals surface area (Å²) in [5.74, 6) is 0.613. The summed E-state index contributed by atoms with van der Waals surface area (Å²) in [6.07, 6.45) is 15.7. The monoisotopic (exact) mass is 278 g/mol. The Labute approximate surface area is 124 Å². The second-order valence-corrected chi connectivity index (χ2v) is 5.55. The van der Waals surface area contributed by atoms with E-state index in [1.165, 1.54) is 63.4 Å². The van der Waals surface area contributed by atoms with Crippen molar-refractivity contribution < 1.29 is 4.74 Å². The first-order valence-corrected chi connectivity index (χ1v) is 8.17. The molecule has 0 aliphatic heterocycles. The van der Waals surface area contributed by atoms with Gasteiger partial charge in [0.05, 0.1) is 7.11 Å². The van der Waals surface area contributed by atoms with Crippen molar-refractivity contribution >= 4 is 0 Å². The molecule has 0 amide bonds. The summed E-state index contributed by atoms with van der Waals surface area (Å²) in [6, 6.07) is 0.464. The lowest BCUT2D eigenvalue weighted by Gasteiger charge is -2.16. The Hall–Kier alpha value is -1.12. The molecule has 1 aromatic rings. The van der Waals surface area contributed by atoms with Crippen LogP contribution in [-0.4, -0.2) is 17.1 Å². The van der Waals surface area contributed by atoms with Gasteiger partial charge in [-0.1, -0.05) is 58.8 Å². The summed E-state index contributed by atoms with van der Waals surface area (Å²) in [5, 5.41) is 0. The van der Waals surface area contributed by atoms with Gasteiger partial charge in [0.15, 0.2) is 0 Å². The Balaban J connectivity index is 2.48. The Morgan fingerprint density at radius 1 is 0.900 bits per heavy atom. The minimum Gasteiger partial charge on any atom is -0.467 e. The minimum absolute atomic E-state index is 0.464. The molecule has 0 aromatic carbocycles. The average molecular weight is 278 g/mol. The van der Waals surface area contributed by atoms with Crippen molar-refractivity contribution in [3.63, 3.8) is 0 Å². The fourth-order valence-corrected chi connectivity index (χ4v) is 2.56. The zero-order chi connectivity index (χ0) is 14.6.